The summed E-state index contributed by atoms with van der Waals surface area (Å²) in [5.41, 5.74) is 0.882. The van der Waals surface area contributed by atoms with Crippen LogP contribution >= 0.6 is 0 Å². The van der Waals surface area contributed by atoms with E-state index in [0.29, 0.717) is 11.5 Å². The van der Waals surface area contributed by atoms with Crippen LogP contribution in [0.1, 0.15) is 24.0 Å². The first-order valence-electron chi connectivity index (χ1n) is 9.23. The molecule has 6 nitrogen and oxygen atoms in total. The van der Waals surface area contributed by atoms with E-state index in [1.54, 1.807) is 7.05 Å². The average molecular weight is 367 g/mol. The number of likely N-dealkylation sites (tertiary alicyclic amines) is 1. The van der Waals surface area contributed by atoms with Crippen LogP contribution in [0.5, 0.6) is 0 Å². The van der Waals surface area contributed by atoms with Gasteiger partial charge in [-0.15, -0.1) is 0 Å². The molecule has 0 aliphatic carbocycles. The predicted octanol–water partition coefficient (Wildman–Crippen LogP) is 1.58. The van der Waals surface area contributed by atoms with Crippen LogP contribution in [0.4, 0.5) is 0 Å². The van der Waals surface area contributed by atoms with Crippen molar-refractivity contribution in [3.05, 3.63) is 74.6 Å². The van der Waals surface area contributed by atoms with Crippen LogP contribution in [0.2, 0.25) is 0 Å². The van der Waals surface area contributed by atoms with Gasteiger partial charge in [-0.25, -0.2) is 4.79 Å². The van der Waals surface area contributed by atoms with E-state index in [9.17, 15) is 14.4 Å². The van der Waals surface area contributed by atoms with Crippen molar-refractivity contribution >= 4 is 12.0 Å². The molecule has 0 radical (unpaired) electrons. The molecular weight excluding hydrogens is 342 g/mol. The number of piperidine rings is 1. The van der Waals surface area contributed by atoms with Gasteiger partial charge in [0, 0.05) is 39.5 Å². The molecule has 1 aliphatic rings. The van der Waals surface area contributed by atoms with Gasteiger partial charge < -0.3 is 9.47 Å². The molecule has 1 aliphatic heterocycles. The summed E-state index contributed by atoms with van der Waals surface area (Å²) in [7, 11) is 3.01. The van der Waals surface area contributed by atoms with Crippen molar-refractivity contribution in [2.24, 2.45) is 20.0 Å². The summed E-state index contributed by atoms with van der Waals surface area (Å²) in [6.45, 7) is 1.46. The fourth-order valence-electron chi connectivity index (χ4n) is 3.52. The van der Waals surface area contributed by atoms with Crippen LogP contribution in [-0.2, 0) is 25.3 Å². The maximum Gasteiger partial charge on any atom is 0.330 e. The normalized spacial score (nSPS) is 15.4. The van der Waals surface area contributed by atoms with Crippen molar-refractivity contribution in [1.29, 1.82) is 0 Å². The summed E-state index contributed by atoms with van der Waals surface area (Å²) in [5.74, 6) is 0.500. The summed E-state index contributed by atoms with van der Waals surface area (Å²) in [5, 5.41) is 0. The SMILES string of the molecule is Cn1cc(/C=C/C(=O)N2CCC(Cc3ccccc3)CC2)c(=O)n(C)c1=O. The first-order chi connectivity index (χ1) is 13.0. The molecular formula is C21H25N3O3. The second-order valence-electron chi connectivity index (χ2n) is 7.13. The molecule has 1 aromatic heterocycles. The van der Waals surface area contributed by atoms with Crippen LogP contribution in [0.25, 0.3) is 6.08 Å². The Morgan fingerprint density at radius 1 is 1.11 bits per heavy atom. The number of rotatable bonds is 4. The molecule has 2 heterocycles. The van der Waals surface area contributed by atoms with Crippen molar-refractivity contribution in [1.82, 2.24) is 14.0 Å². The van der Waals surface area contributed by atoms with E-state index in [0.717, 1.165) is 36.9 Å². The second-order valence-corrected chi connectivity index (χ2v) is 7.13. The van der Waals surface area contributed by atoms with Gasteiger partial charge in [0.15, 0.2) is 0 Å². The zero-order chi connectivity index (χ0) is 19.4. The van der Waals surface area contributed by atoms with E-state index in [2.05, 4.69) is 24.3 Å². The topological polar surface area (TPSA) is 64.3 Å². The smallest absolute Gasteiger partial charge is 0.330 e. The van der Waals surface area contributed by atoms with Gasteiger partial charge in [-0.1, -0.05) is 30.3 Å². The molecule has 0 N–H and O–H groups in total. The summed E-state index contributed by atoms with van der Waals surface area (Å²) >= 11 is 0. The number of hydrogen-bond acceptors (Lipinski definition) is 3. The number of benzene rings is 1. The third kappa shape index (κ3) is 4.45. The number of aryl methyl sites for hydroxylation is 1. The summed E-state index contributed by atoms with van der Waals surface area (Å²) in [6.07, 6.45) is 7.40. The molecule has 1 fully saturated rings. The molecule has 3 rings (SSSR count). The van der Waals surface area contributed by atoms with Gasteiger partial charge in [0.05, 0.1) is 5.56 Å². The van der Waals surface area contributed by atoms with Crippen molar-refractivity contribution in [2.75, 3.05) is 13.1 Å². The van der Waals surface area contributed by atoms with E-state index in [-0.39, 0.29) is 11.6 Å². The first kappa shape index (κ1) is 18.9. The Balaban J connectivity index is 1.59. The number of nitrogens with zero attached hydrogens (tertiary/aromatic N) is 3. The van der Waals surface area contributed by atoms with E-state index in [1.807, 2.05) is 11.0 Å². The minimum atomic E-state index is -0.399. The lowest BCUT2D eigenvalue weighted by atomic mass is 9.90. The highest BCUT2D eigenvalue weighted by atomic mass is 16.2. The van der Waals surface area contributed by atoms with Crippen LogP contribution in [-0.4, -0.2) is 33.0 Å². The zero-order valence-electron chi connectivity index (χ0n) is 15.8. The van der Waals surface area contributed by atoms with E-state index >= 15 is 0 Å². The van der Waals surface area contributed by atoms with E-state index in [1.165, 1.54) is 35.5 Å². The number of amides is 1. The molecule has 2 aromatic rings. The molecule has 1 aromatic carbocycles. The van der Waals surface area contributed by atoms with Crippen LogP contribution in [0.15, 0.2) is 52.2 Å². The summed E-state index contributed by atoms with van der Waals surface area (Å²) in [6, 6.07) is 10.4. The van der Waals surface area contributed by atoms with Crippen LogP contribution in [0.3, 0.4) is 0 Å². The van der Waals surface area contributed by atoms with Gasteiger partial charge in [-0.3, -0.25) is 14.2 Å². The Labute approximate surface area is 158 Å². The maximum atomic E-state index is 12.4. The van der Waals surface area contributed by atoms with Crippen molar-refractivity contribution in [3.8, 4) is 0 Å². The van der Waals surface area contributed by atoms with Crippen molar-refractivity contribution < 1.29 is 4.79 Å². The number of carbonyl (C=O) groups excluding carboxylic acids is 1. The molecule has 27 heavy (non-hydrogen) atoms. The quantitative estimate of drug-likeness (QED) is 0.771. The monoisotopic (exact) mass is 367 g/mol. The van der Waals surface area contributed by atoms with Crippen molar-refractivity contribution in [3.63, 3.8) is 0 Å². The minimum absolute atomic E-state index is 0.0935. The number of aromatic nitrogens is 2. The number of carbonyl (C=O) groups is 1. The molecule has 0 bridgehead atoms. The molecule has 1 saturated heterocycles. The lowest BCUT2D eigenvalue weighted by Crippen LogP contribution is -2.38. The fraction of sp³-hybridized carbons (Fsp3) is 0.381. The van der Waals surface area contributed by atoms with Gasteiger partial charge in [0.2, 0.25) is 5.91 Å². The number of hydrogen-bond donors (Lipinski definition) is 0. The summed E-state index contributed by atoms with van der Waals surface area (Å²) in [4.78, 5) is 38.1. The lowest BCUT2D eigenvalue weighted by Gasteiger charge is -2.31. The third-order valence-electron chi connectivity index (χ3n) is 5.17. The van der Waals surface area contributed by atoms with Crippen LogP contribution < -0.4 is 11.2 Å². The van der Waals surface area contributed by atoms with Crippen molar-refractivity contribution in [2.45, 2.75) is 19.3 Å². The molecule has 142 valence electrons. The first-order valence-corrected chi connectivity index (χ1v) is 9.23. The van der Waals surface area contributed by atoms with Gasteiger partial charge in [-0.05, 0) is 36.8 Å². The Morgan fingerprint density at radius 3 is 2.44 bits per heavy atom. The summed E-state index contributed by atoms with van der Waals surface area (Å²) < 4.78 is 2.37. The largest absolute Gasteiger partial charge is 0.339 e. The molecule has 0 spiro atoms. The molecule has 1 amide bonds. The fourth-order valence-corrected chi connectivity index (χ4v) is 3.52. The molecule has 6 heteroatoms. The molecule has 0 saturated carbocycles. The highest BCUT2D eigenvalue weighted by molar-refractivity contribution is 5.91. The van der Waals surface area contributed by atoms with Gasteiger partial charge in [0.1, 0.15) is 0 Å². The van der Waals surface area contributed by atoms with Gasteiger partial charge in [0.25, 0.3) is 5.56 Å². The minimum Gasteiger partial charge on any atom is -0.339 e. The Morgan fingerprint density at radius 2 is 1.78 bits per heavy atom. The average Bonchev–Trinajstić information content (AvgIpc) is 2.69. The van der Waals surface area contributed by atoms with Crippen LogP contribution in [0, 0.1) is 5.92 Å². The molecule has 0 atom stereocenters. The van der Waals surface area contributed by atoms with Gasteiger partial charge in [-0.2, -0.15) is 0 Å². The van der Waals surface area contributed by atoms with E-state index in [4.69, 9.17) is 0 Å². The highest BCUT2D eigenvalue weighted by Gasteiger charge is 2.21. The zero-order valence-corrected chi connectivity index (χ0v) is 15.8. The lowest BCUT2D eigenvalue weighted by molar-refractivity contribution is -0.127. The standard InChI is InChI=1S/C21H25N3O3/c1-22-15-18(20(26)23(2)21(22)27)8-9-19(25)24-12-10-17(11-13-24)14-16-6-4-3-5-7-16/h3-9,15,17H,10-14H2,1-2H3/b9-8+. The van der Waals surface area contributed by atoms with Gasteiger partial charge >= 0.3 is 5.69 Å². The third-order valence-corrected chi connectivity index (χ3v) is 5.17. The van der Waals surface area contributed by atoms with E-state index < -0.39 is 5.56 Å². The maximum absolute atomic E-state index is 12.4. The Hall–Kier alpha value is -2.89. The highest BCUT2D eigenvalue weighted by Crippen LogP contribution is 2.21. The second kappa shape index (κ2) is 8.20. The molecule has 0 unspecified atom stereocenters. The Bertz CT molecular complexity index is 949. The predicted molar refractivity (Wildman–Crippen MR) is 105 cm³/mol. The Kier molecular flexibility index (Phi) is 5.74.